The lowest BCUT2D eigenvalue weighted by atomic mass is 10.2. The Hall–Kier alpha value is -1.14. The topological polar surface area (TPSA) is 71.2 Å². The zero-order valence-electron chi connectivity index (χ0n) is 11.4. The van der Waals surface area contributed by atoms with E-state index in [1.807, 2.05) is 5.38 Å². The fourth-order valence-corrected chi connectivity index (χ4v) is 3.09. The van der Waals surface area contributed by atoms with Crippen molar-refractivity contribution >= 4 is 22.4 Å². The Morgan fingerprint density at radius 2 is 2.32 bits per heavy atom. The zero-order valence-corrected chi connectivity index (χ0v) is 12.2. The maximum absolute atomic E-state index is 11.7. The van der Waals surface area contributed by atoms with E-state index in [1.165, 1.54) is 37.0 Å². The van der Waals surface area contributed by atoms with E-state index in [2.05, 4.69) is 22.2 Å². The average molecular weight is 282 g/mol. The number of likely N-dealkylation sites (N-methyl/N-ethyl adjacent to an activating group) is 1. The molecule has 1 fully saturated rings. The van der Waals surface area contributed by atoms with Gasteiger partial charge in [-0.3, -0.25) is 4.79 Å². The summed E-state index contributed by atoms with van der Waals surface area (Å²) >= 11 is 1.37. The van der Waals surface area contributed by atoms with Crippen LogP contribution in [-0.2, 0) is 11.2 Å². The maximum atomic E-state index is 11.7. The number of thiazole rings is 1. The highest BCUT2D eigenvalue weighted by Crippen LogP contribution is 2.21. The number of rotatable bonds is 6. The second-order valence-electron chi connectivity index (χ2n) is 5.12. The highest BCUT2D eigenvalue weighted by Gasteiger charge is 2.19. The monoisotopic (exact) mass is 282 g/mol. The molecule has 0 aliphatic heterocycles. The van der Waals surface area contributed by atoms with E-state index >= 15 is 0 Å². The minimum Gasteiger partial charge on any atom is -0.375 e. The van der Waals surface area contributed by atoms with Crippen LogP contribution in [0.1, 0.15) is 31.4 Å². The summed E-state index contributed by atoms with van der Waals surface area (Å²) in [7, 11) is 2.14. The molecule has 1 saturated carbocycles. The molecular weight excluding hydrogens is 260 g/mol. The van der Waals surface area contributed by atoms with Crippen molar-refractivity contribution in [3.05, 3.63) is 11.1 Å². The summed E-state index contributed by atoms with van der Waals surface area (Å²) in [6, 6.07) is 0.704. The van der Waals surface area contributed by atoms with Crippen LogP contribution >= 0.6 is 11.3 Å². The average Bonchev–Trinajstić information content (AvgIpc) is 3.00. The molecule has 1 aromatic heterocycles. The van der Waals surface area contributed by atoms with Crippen molar-refractivity contribution in [3.63, 3.8) is 0 Å². The number of hydrogen-bond acceptors (Lipinski definition) is 5. The molecule has 0 atom stereocenters. The number of hydrogen-bond donors (Lipinski definition) is 2. The second kappa shape index (κ2) is 6.86. The van der Waals surface area contributed by atoms with Crippen LogP contribution in [0.4, 0.5) is 5.13 Å². The molecule has 0 bridgehead atoms. The van der Waals surface area contributed by atoms with Crippen molar-refractivity contribution in [2.45, 2.75) is 38.1 Å². The first-order chi connectivity index (χ1) is 9.15. The van der Waals surface area contributed by atoms with Crippen molar-refractivity contribution in [2.24, 2.45) is 0 Å². The Morgan fingerprint density at radius 3 is 2.95 bits per heavy atom. The Labute approximate surface area is 118 Å². The van der Waals surface area contributed by atoms with Crippen molar-refractivity contribution in [3.8, 4) is 0 Å². The van der Waals surface area contributed by atoms with Crippen LogP contribution in [0.3, 0.4) is 0 Å². The van der Waals surface area contributed by atoms with Gasteiger partial charge in [0.05, 0.1) is 12.1 Å². The fourth-order valence-electron chi connectivity index (χ4n) is 2.53. The third-order valence-electron chi connectivity index (χ3n) is 3.65. The number of nitrogens with one attached hydrogen (secondary N) is 1. The molecule has 5 nitrogen and oxygen atoms in total. The summed E-state index contributed by atoms with van der Waals surface area (Å²) < 4.78 is 0. The van der Waals surface area contributed by atoms with Gasteiger partial charge in [-0.05, 0) is 19.9 Å². The van der Waals surface area contributed by atoms with Crippen LogP contribution in [0.2, 0.25) is 0 Å². The smallest absolute Gasteiger partial charge is 0.226 e. The van der Waals surface area contributed by atoms with Gasteiger partial charge < -0.3 is 16.0 Å². The predicted molar refractivity (Wildman–Crippen MR) is 78.1 cm³/mol. The van der Waals surface area contributed by atoms with Gasteiger partial charge in [-0.25, -0.2) is 4.98 Å². The molecule has 0 saturated heterocycles. The van der Waals surface area contributed by atoms with Gasteiger partial charge in [-0.1, -0.05) is 12.8 Å². The fraction of sp³-hybridized carbons (Fsp3) is 0.692. The summed E-state index contributed by atoms with van der Waals surface area (Å²) in [4.78, 5) is 18.2. The van der Waals surface area contributed by atoms with E-state index in [4.69, 9.17) is 5.73 Å². The molecule has 1 aliphatic rings. The molecule has 1 aliphatic carbocycles. The second-order valence-corrected chi connectivity index (χ2v) is 6.01. The summed E-state index contributed by atoms with van der Waals surface area (Å²) in [6.07, 6.45) is 5.59. The van der Waals surface area contributed by atoms with Gasteiger partial charge in [-0.15, -0.1) is 11.3 Å². The summed E-state index contributed by atoms with van der Waals surface area (Å²) in [5.74, 6) is 0.0186. The first-order valence-corrected chi connectivity index (χ1v) is 7.70. The number of carbonyl (C=O) groups is 1. The molecule has 19 heavy (non-hydrogen) atoms. The Morgan fingerprint density at radius 1 is 1.58 bits per heavy atom. The van der Waals surface area contributed by atoms with Crippen molar-refractivity contribution in [1.82, 2.24) is 15.2 Å². The van der Waals surface area contributed by atoms with Crippen LogP contribution < -0.4 is 11.1 Å². The molecule has 1 heterocycles. The number of nitrogens with zero attached hydrogens (tertiary/aromatic N) is 2. The molecule has 1 aromatic rings. The first-order valence-electron chi connectivity index (χ1n) is 6.82. The first kappa shape index (κ1) is 14.3. The maximum Gasteiger partial charge on any atom is 0.226 e. The molecule has 0 aromatic carbocycles. The molecule has 0 unspecified atom stereocenters. The Bertz CT molecular complexity index is 415. The van der Waals surface area contributed by atoms with Crippen molar-refractivity contribution in [2.75, 3.05) is 25.9 Å². The van der Waals surface area contributed by atoms with Crippen LogP contribution in [-0.4, -0.2) is 42.0 Å². The molecule has 0 spiro atoms. The normalized spacial score (nSPS) is 16.1. The van der Waals surface area contributed by atoms with Gasteiger partial charge in [0.15, 0.2) is 5.13 Å². The number of nitrogens with two attached hydrogens (primary N) is 1. The number of anilines is 1. The van der Waals surface area contributed by atoms with E-state index in [-0.39, 0.29) is 5.91 Å². The lowest BCUT2D eigenvalue weighted by Gasteiger charge is -2.23. The van der Waals surface area contributed by atoms with Crippen LogP contribution in [0.15, 0.2) is 5.38 Å². The van der Waals surface area contributed by atoms with Gasteiger partial charge in [0.25, 0.3) is 0 Å². The third-order valence-corrected chi connectivity index (χ3v) is 4.37. The van der Waals surface area contributed by atoms with Crippen LogP contribution in [0, 0.1) is 0 Å². The molecule has 6 heteroatoms. The Balaban J connectivity index is 1.63. The highest BCUT2D eigenvalue weighted by atomic mass is 32.1. The number of amides is 1. The largest absolute Gasteiger partial charge is 0.375 e. The van der Waals surface area contributed by atoms with Gasteiger partial charge >= 0.3 is 0 Å². The van der Waals surface area contributed by atoms with E-state index in [1.54, 1.807) is 0 Å². The Kier molecular flexibility index (Phi) is 5.15. The molecule has 3 N–H and O–H groups in total. The van der Waals surface area contributed by atoms with E-state index in [0.29, 0.717) is 24.1 Å². The van der Waals surface area contributed by atoms with Gasteiger partial charge in [0.2, 0.25) is 5.91 Å². The van der Waals surface area contributed by atoms with Crippen molar-refractivity contribution < 1.29 is 4.79 Å². The quantitative estimate of drug-likeness (QED) is 0.824. The van der Waals surface area contributed by atoms with Crippen LogP contribution in [0.5, 0.6) is 0 Å². The summed E-state index contributed by atoms with van der Waals surface area (Å²) in [5, 5.41) is 5.29. The number of aromatic nitrogens is 1. The number of nitrogen functional groups attached to an aromatic ring is 1. The van der Waals surface area contributed by atoms with Gasteiger partial charge in [-0.2, -0.15) is 0 Å². The van der Waals surface area contributed by atoms with Crippen molar-refractivity contribution in [1.29, 1.82) is 0 Å². The lowest BCUT2D eigenvalue weighted by Crippen LogP contribution is -2.37. The molecule has 1 amide bonds. The van der Waals surface area contributed by atoms with E-state index < -0.39 is 0 Å². The van der Waals surface area contributed by atoms with E-state index in [0.717, 1.165) is 12.2 Å². The lowest BCUT2D eigenvalue weighted by molar-refractivity contribution is -0.120. The SMILES string of the molecule is CN(CCNC(=O)Cc1csc(N)n1)C1CCCC1. The molecular formula is C13H22N4OS. The highest BCUT2D eigenvalue weighted by molar-refractivity contribution is 7.13. The summed E-state index contributed by atoms with van der Waals surface area (Å²) in [5.41, 5.74) is 6.29. The van der Waals surface area contributed by atoms with Gasteiger partial charge in [0, 0.05) is 24.5 Å². The van der Waals surface area contributed by atoms with Crippen LogP contribution in [0.25, 0.3) is 0 Å². The minimum atomic E-state index is 0.0186. The molecule has 0 radical (unpaired) electrons. The molecule has 2 rings (SSSR count). The minimum absolute atomic E-state index is 0.0186. The number of carbonyl (C=O) groups excluding carboxylic acids is 1. The zero-order chi connectivity index (χ0) is 13.7. The third kappa shape index (κ3) is 4.47. The summed E-state index contributed by atoms with van der Waals surface area (Å²) in [6.45, 7) is 1.61. The standard InChI is InChI=1S/C13H22N4OS/c1-17(11-4-2-3-5-11)7-6-15-12(18)8-10-9-19-13(14)16-10/h9,11H,2-8H2,1H3,(H2,14,16)(H,15,18). The van der Waals surface area contributed by atoms with E-state index in [9.17, 15) is 4.79 Å². The van der Waals surface area contributed by atoms with Gasteiger partial charge in [0.1, 0.15) is 0 Å². The molecule has 106 valence electrons. The predicted octanol–water partition coefficient (Wildman–Crippen LogP) is 1.26.